The van der Waals surface area contributed by atoms with Gasteiger partial charge in [-0.05, 0) is 24.6 Å². The first kappa shape index (κ1) is 9.36. The smallest absolute Gasteiger partial charge is 0.232 e. The van der Waals surface area contributed by atoms with Crippen LogP contribution in [0.4, 0.5) is 0 Å². The third kappa shape index (κ3) is 2.72. The van der Waals surface area contributed by atoms with Gasteiger partial charge in [0.15, 0.2) is 0 Å². The van der Waals surface area contributed by atoms with E-state index in [0.29, 0.717) is 12.1 Å². The van der Waals surface area contributed by atoms with Gasteiger partial charge in [-0.3, -0.25) is 0 Å². The molecule has 0 amide bonds. The van der Waals surface area contributed by atoms with Crippen molar-refractivity contribution >= 4 is 11.6 Å². The molecule has 0 bridgehead atoms. The van der Waals surface area contributed by atoms with Crippen LogP contribution < -0.4 is 10.5 Å². The lowest BCUT2D eigenvalue weighted by Gasteiger charge is -2.06. The summed E-state index contributed by atoms with van der Waals surface area (Å²) in [5.74, 6) is 0.736. The Balaban J connectivity index is 2.65. The molecule has 0 saturated carbocycles. The van der Waals surface area contributed by atoms with E-state index in [1.165, 1.54) is 0 Å². The topological polar surface area (TPSA) is 35.2 Å². The van der Waals surface area contributed by atoms with Crippen molar-refractivity contribution in [3.63, 3.8) is 0 Å². The van der Waals surface area contributed by atoms with Crippen LogP contribution in [0.25, 0.3) is 0 Å². The molecule has 0 heterocycles. The second kappa shape index (κ2) is 4.33. The van der Waals surface area contributed by atoms with E-state index in [-0.39, 0.29) is 0 Å². The number of nitrogens with two attached hydrogens (primary N) is 1. The normalized spacial score (nSPS) is 10.3. The Bertz CT molecular complexity index is 233. The minimum absolute atomic E-state index is 0.412. The van der Waals surface area contributed by atoms with Crippen LogP contribution in [0.15, 0.2) is 24.3 Å². The summed E-state index contributed by atoms with van der Waals surface area (Å²) in [6, 6.07) is 7.51. The van der Waals surface area contributed by atoms with E-state index in [1.54, 1.807) is 6.92 Å². The molecule has 65 valence electrons. The minimum atomic E-state index is 0.412. The lowest BCUT2D eigenvalue weighted by Crippen LogP contribution is -1.97. The number of benzene rings is 1. The van der Waals surface area contributed by atoms with Gasteiger partial charge in [-0.15, -0.1) is 0 Å². The number of hydrogen-bond acceptors (Lipinski definition) is 2. The van der Waals surface area contributed by atoms with Crippen LogP contribution in [-0.4, -0.2) is 0 Å². The molecule has 2 N–H and O–H groups in total. The van der Waals surface area contributed by atoms with Crippen molar-refractivity contribution in [3.8, 4) is 5.75 Å². The number of ether oxygens (including phenoxy) is 1. The summed E-state index contributed by atoms with van der Waals surface area (Å²) in [5, 5.41) is 0. The lowest BCUT2D eigenvalue weighted by atomic mass is 10.2. The predicted octanol–water partition coefficient (Wildman–Crippen LogP) is 2.27. The second-order valence-corrected chi connectivity index (χ2v) is 2.95. The molecule has 0 aliphatic rings. The van der Waals surface area contributed by atoms with Crippen LogP contribution in [0.3, 0.4) is 0 Å². The monoisotopic (exact) mass is 184 g/mol. The molecule has 0 saturated heterocycles. The molecule has 0 fully saturated rings. The average molecular weight is 185 g/mol. The lowest BCUT2D eigenvalue weighted by molar-refractivity contribution is 0.391. The molecule has 2 nitrogen and oxygen atoms in total. The molecular formula is C9H11ClNO. The highest BCUT2D eigenvalue weighted by Crippen LogP contribution is 2.17. The molecular weight excluding hydrogens is 174 g/mol. The van der Waals surface area contributed by atoms with E-state index < -0.39 is 0 Å². The maximum absolute atomic E-state index is 5.56. The summed E-state index contributed by atoms with van der Waals surface area (Å²) >= 11 is 5.56. The first-order valence-electron chi connectivity index (χ1n) is 3.68. The molecule has 1 aromatic carbocycles. The first-order valence-corrected chi connectivity index (χ1v) is 4.06. The Morgan fingerprint density at radius 1 is 1.42 bits per heavy atom. The standard InChI is InChI=1S/C9H11ClNO/c1-7(10)12-9-4-2-8(6-11)3-5-9/h2-5H,6,11H2,1H3. The molecule has 3 heteroatoms. The minimum Gasteiger partial charge on any atom is -0.467 e. The van der Waals surface area contributed by atoms with Gasteiger partial charge < -0.3 is 10.5 Å². The van der Waals surface area contributed by atoms with Gasteiger partial charge in [0.2, 0.25) is 5.56 Å². The Hall–Kier alpha value is -0.730. The van der Waals surface area contributed by atoms with Gasteiger partial charge >= 0.3 is 0 Å². The first-order chi connectivity index (χ1) is 5.72. The van der Waals surface area contributed by atoms with Crippen LogP contribution in [0, 0.1) is 5.56 Å². The van der Waals surface area contributed by atoms with Crippen molar-refractivity contribution in [1.82, 2.24) is 0 Å². The maximum atomic E-state index is 5.56. The number of hydrogen-bond donors (Lipinski definition) is 1. The summed E-state index contributed by atoms with van der Waals surface area (Å²) in [5.41, 5.74) is 6.92. The van der Waals surface area contributed by atoms with Crippen LogP contribution >= 0.6 is 11.6 Å². The van der Waals surface area contributed by atoms with Gasteiger partial charge in [0.1, 0.15) is 5.75 Å². The number of rotatable bonds is 3. The molecule has 0 aromatic heterocycles. The maximum Gasteiger partial charge on any atom is 0.232 e. The fourth-order valence-corrected chi connectivity index (χ4v) is 0.945. The number of halogens is 1. The van der Waals surface area contributed by atoms with Crippen LogP contribution in [-0.2, 0) is 6.54 Å². The van der Waals surface area contributed by atoms with E-state index in [4.69, 9.17) is 22.1 Å². The fourth-order valence-electron chi connectivity index (χ4n) is 0.856. The third-order valence-electron chi connectivity index (χ3n) is 1.42. The van der Waals surface area contributed by atoms with Crippen molar-refractivity contribution in [2.45, 2.75) is 13.5 Å². The van der Waals surface area contributed by atoms with Crippen molar-refractivity contribution in [1.29, 1.82) is 0 Å². The molecule has 1 aromatic rings. The summed E-state index contributed by atoms with van der Waals surface area (Å²) in [6.07, 6.45) is 0. The van der Waals surface area contributed by atoms with Crippen molar-refractivity contribution in [2.75, 3.05) is 0 Å². The Morgan fingerprint density at radius 2 is 2.00 bits per heavy atom. The molecule has 0 atom stereocenters. The van der Waals surface area contributed by atoms with Crippen molar-refractivity contribution in [2.24, 2.45) is 5.73 Å². The summed E-state index contributed by atoms with van der Waals surface area (Å²) in [7, 11) is 0. The highest BCUT2D eigenvalue weighted by Gasteiger charge is 1.99. The largest absolute Gasteiger partial charge is 0.467 e. The van der Waals surface area contributed by atoms with E-state index in [1.807, 2.05) is 24.3 Å². The fraction of sp³-hybridized carbons (Fsp3) is 0.222. The molecule has 12 heavy (non-hydrogen) atoms. The van der Waals surface area contributed by atoms with Gasteiger partial charge in [0, 0.05) is 6.54 Å². The SMILES string of the molecule is C[C](Cl)Oc1ccc(CN)cc1. The molecule has 0 unspecified atom stereocenters. The van der Waals surface area contributed by atoms with Gasteiger partial charge in [-0.25, -0.2) is 0 Å². The Kier molecular flexibility index (Phi) is 3.38. The summed E-state index contributed by atoms with van der Waals surface area (Å²) in [6.45, 7) is 2.24. The zero-order chi connectivity index (χ0) is 8.97. The van der Waals surface area contributed by atoms with Gasteiger partial charge in [-0.2, -0.15) is 0 Å². The van der Waals surface area contributed by atoms with E-state index in [2.05, 4.69) is 0 Å². The van der Waals surface area contributed by atoms with E-state index >= 15 is 0 Å². The summed E-state index contributed by atoms with van der Waals surface area (Å²) in [4.78, 5) is 0. The molecule has 0 aliphatic carbocycles. The highest BCUT2D eigenvalue weighted by atomic mass is 35.5. The average Bonchev–Trinajstić information content (AvgIpc) is 2.05. The van der Waals surface area contributed by atoms with Gasteiger partial charge in [0.25, 0.3) is 0 Å². The zero-order valence-corrected chi connectivity index (χ0v) is 7.64. The Morgan fingerprint density at radius 3 is 2.42 bits per heavy atom. The Labute approximate surface area is 77.3 Å². The molecule has 1 radical (unpaired) electrons. The molecule has 1 rings (SSSR count). The van der Waals surface area contributed by atoms with Crippen molar-refractivity contribution in [3.05, 3.63) is 35.4 Å². The third-order valence-corrected chi connectivity index (χ3v) is 1.49. The zero-order valence-electron chi connectivity index (χ0n) is 6.88. The van der Waals surface area contributed by atoms with E-state index in [9.17, 15) is 0 Å². The highest BCUT2D eigenvalue weighted by molar-refractivity contribution is 6.25. The molecule has 0 spiro atoms. The van der Waals surface area contributed by atoms with Gasteiger partial charge in [-0.1, -0.05) is 23.7 Å². The van der Waals surface area contributed by atoms with Crippen LogP contribution in [0.2, 0.25) is 0 Å². The van der Waals surface area contributed by atoms with E-state index in [0.717, 1.165) is 11.3 Å². The second-order valence-electron chi connectivity index (χ2n) is 2.42. The van der Waals surface area contributed by atoms with Crippen molar-refractivity contribution < 1.29 is 4.74 Å². The predicted molar refractivity (Wildman–Crippen MR) is 49.7 cm³/mol. The quantitative estimate of drug-likeness (QED) is 0.782. The molecule has 0 aliphatic heterocycles. The van der Waals surface area contributed by atoms with Crippen LogP contribution in [0.1, 0.15) is 12.5 Å². The van der Waals surface area contributed by atoms with Gasteiger partial charge in [0.05, 0.1) is 0 Å². The van der Waals surface area contributed by atoms with Crippen LogP contribution in [0.5, 0.6) is 5.75 Å². The summed E-state index contributed by atoms with van der Waals surface area (Å²) < 4.78 is 5.15.